The highest BCUT2D eigenvalue weighted by atomic mass is 33.1. The van der Waals surface area contributed by atoms with Crippen LogP contribution >= 0.6 is 21.6 Å². The highest BCUT2D eigenvalue weighted by Gasteiger charge is 2.30. The maximum absolute atomic E-state index is 14.2. The third kappa shape index (κ3) is 13.4. The number of methoxy groups -OCH3 is 1. The maximum atomic E-state index is 14.2. The number of ether oxygens (including phenoxy) is 2. The van der Waals surface area contributed by atoms with Crippen LogP contribution in [0, 0.1) is 0 Å². The number of nitrogens with one attached hydrogen (secondary N) is 2. The number of aromatic hydroxyl groups is 2. The van der Waals surface area contributed by atoms with Crippen molar-refractivity contribution in [3.8, 4) is 28.4 Å². The van der Waals surface area contributed by atoms with Crippen LogP contribution in [-0.2, 0) is 39.5 Å². The molecule has 0 radical (unpaired) electrons. The largest absolute Gasteiger partial charge is 0.508 e. The highest BCUT2D eigenvalue weighted by Crippen LogP contribution is 2.46. The number of carbonyl (C=O) groups excluding carboxylic acids is 2. The minimum atomic E-state index is -0.744. The molecule has 12 nitrogen and oxygen atoms in total. The van der Waals surface area contributed by atoms with E-state index in [1.54, 1.807) is 29.0 Å². The summed E-state index contributed by atoms with van der Waals surface area (Å²) >= 11 is 0. The topological polar surface area (TPSA) is 198 Å². The van der Waals surface area contributed by atoms with Crippen LogP contribution in [0.15, 0.2) is 54.6 Å². The lowest BCUT2D eigenvalue weighted by atomic mass is 9.82. The minimum absolute atomic E-state index is 0.0284. The van der Waals surface area contributed by atoms with Crippen LogP contribution in [0.2, 0.25) is 0 Å². The van der Waals surface area contributed by atoms with Gasteiger partial charge in [-0.25, -0.2) is 0 Å². The molecule has 8 N–H and O–H groups in total. The Morgan fingerprint density at radius 3 is 2.50 bits per heavy atom. The maximum Gasteiger partial charge on any atom is 0.168 e. The van der Waals surface area contributed by atoms with Gasteiger partial charge < -0.3 is 45.4 Å². The average molecular weight is 919 g/mol. The van der Waals surface area contributed by atoms with Crippen molar-refractivity contribution in [3.05, 3.63) is 82.4 Å². The molecule has 3 atom stereocenters. The van der Waals surface area contributed by atoms with Gasteiger partial charge in [0.05, 0.1) is 38.1 Å². The first-order valence-electron chi connectivity index (χ1n) is 22.7. The van der Waals surface area contributed by atoms with Gasteiger partial charge >= 0.3 is 0 Å². The number of aliphatic hydroxyl groups is 4. The van der Waals surface area contributed by atoms with E-state index in [0.29, 0.717) is 85.6 Å². The van der Waals surface area contributed by atoms with Crippen molar-refractivity contribution in [2.45, 2.75) is 133 Å². The number of phenols is 2. The first kappa shape index (κ1) is 49.6. The Kier molecular flexibility index (Phi) is 18.6. The molecule has 0 amide bonds. The van der Waals surface area contributed by atoms with Crippen molar-refractivity contribution in [2.24, 2.45) is 0 Å². The molecule has 1 aliphatic heterocycles. The number of anilines is 1. The number of aryl methyl sites for hydroxylation is 2. The summed E-state index contributed by atoms with van der Waals surface area (Å²) in [4.78, 5) is 26.2. The van der Waals surface area contributed by atoms with Gasteiger partial charge in [0.1, 0.15) is 23.5 Å². The number of Topliss-reactive ketones (excluding diaryl/α,β-unsaturated/α-hetero) is 2. The predicted octanol–water partition coefficient (Wildman–Crippen LogP) is 8.42. The zero-order chi connectivity index (χ0) is 45.6. The van der Waals surface area contributed by atoms with E-state index in [-0.39, 0.29) is 55.7 Å². The van der Waals surface area contributed by atoms with Crippen molar-refractivity contribution in [1.29, 1.82) is 0 Å². The van der Waals surface area contributed by atoms with E-state index in [1.165, 1.54) is 24.8 Å². The van der Waals surface area contributed by atoms with Gasteiger partial charge in [0.15, 0.2) is 11.5 Å². The number of rotatable bonds is 16. The summed E-state index contributed by atoms with van der Waals surface area (Å²) in [7, 11) is 4.64. The van der Waals surface area contributed by atoms with Gasteiger partial charge in [0.25, 0.3) is 0 Å². The molecule has 6 rings (SSSR count). The summed E-state index contributed by atoms with van der Waals surface area (Å²) in [6.45, 7) is 1.74. The molecular weight excluding hydrogens is 853 g/mol. The highest BCUT2D eigenvalue weighted by molar-refractivity contribution is 8.76. The van der Waals surface area contributed by atoms with E-state index in [1.807, 2.05) is 36.4 Å². The van der Waals surface area contributed by atoms with Crippen LogP contribution in [-0.4, -0.2) is 92.6 Å². The first-order chi connectivity index (χ1) is 30.9. The molecule has 14 heteroatoms. The molecule has 0 aromatic heterocycles. The normalized spacial score (nSPS) is 19.1. The van der Waals surface area contributed by atoms with Crippen LogP contribution in [0.5, 0.6) is 17.2 Å². The molecule has 1 heterocycles. The number of benzene rings is 4. The fourth-order valence-electron chi connectivity index (χ4n) is 9.11. The molecule has 1 aliphatic carbocycles. The van der Waals surface area contributed by atoms with Gasteiger partial charge in [-0.3, -0.25) is 14.9 Å². The number of fused-ring (bicyclic) bond motifs is 5. The Morgan fingerprint density at radius 2 is 1.75 bits per heavy atom. The molecule has 3 unspecified atom stereocenters. The summed E-state index contributed by atoms with van der Waals surface area (Å²) in [5.41, 5.74) is 5.35. The van der Waals surface area contributed by atoms with Gasteiger partial charge in [-0.2, -0.15) is 0 Å². The molecule has 348 valence electrons. The zero-order valence-corrected chi connectivity index (χ0v) is 38.8. The molecule has 1 fully saturated rings. The van der Waals surface area contributed by atoms with Crippen molar-refractivity contribution >= 4 is 49.6 Å². The second kappa shape index (κ2) is 24.1. The van der Waals surface area contributed by atoms with Crippen molar-refractivity contribution in [2.75, 3.05) is 37.9 Å². The molecule has 4 aromatic rings. The number of ketones is 2. The molecule has 64 heavy (non-hydrogen) atoms. The van der Waals surface area contributed by atoms with E-state index in [0.717, 1.165) is 70.7 Å². The van der Waals surface area contributed by atoms with E-state index < -0.39 is 24.0 Å². The summed E-state index contributed by atoms with van der Waals surface area (Å²) in [5, 5.41) is 73.3. The Morgan fingerprint density at radius 1 is 0.953 bits per heavy atom. The summed E-state index contributed by atoms with van der Waals surface area (Å²) in [5.74, 6) is 1.25. The van der Waals surface area contributed by atoms with Gasteiger partial charge in [-0.15, -0.1) is 0 Å². The van der Waals surface area contributed by atoms with Crippen LogP contribution in [0.4, 0.5) is 5.69 Å². The Bertz CT molecular complexity index is 2200. The van der Waals surface area contributed by atoms with Crippen molar-refractivity contribution < 1.29 is 49.7 Å². The van der Waals surface area contributed by atoms with Gasteiger partial charge in [0, 0.05) is 47.8 Å². The SMILES string of the molecule is COc1c(O)ccc2c1-c1ccc3ccc(O)cc3c1CSSCC(O)CCC(OC(NCCCC1(O)CCCCC1)c1cc(CO)c(NCC(C)=O)cc1CCCO)CC(=O)CC2. The Balaban J connectivity index is 1.33. The van der Waals surface area contributed by atoms with E-state index >= 15 is 0 Å². The van der Waals surface area contributed by atoms with Crippen LogP contribution in [0.25, 0.3) is 21.9 Å². The summed E-state index contributed by atoms with van der Waals surface area (Å²) < 4.78 is 12.8. The zero-order valence-electron chi connectivity index (χ0n) is 37.2. The second-order valence-electron chi connectivity index (χ2n) is 17.4. The third-order valence-electron chi connectivity index (χ3n) is 12.5. The molecular formula is C50H66N2O10S2. The molecule has 0 saturated heterocycles. The lowest BCUT2D eigenvalue weighted by Gasteiger charge is -2.33. The van der Waals surface area contributed by atoms with Gasteiger partial charge in [-0.05, 0) is 140 Å². The summed E-state index contributed by atoms with van der Waals surface area (Å²) in [6, 6.07) is 16.4. The smallest absolute Gasteiger partial charge is 0.168 e. The number of carbonyl (C=O) groups is 2. The monoisotopic (exact) mass is 918 g/mol. The first-order valence-corrected chi connectivity index (χ1v) is 25.2. The standard InChI is InChI=1S/C50H66N2O10S2/c1-32(55)28-52-45-25-35(8-6-23-53)43(24-36(45)29-54)49(51-22-7-21-50(60)19-4-3-5-20-50)62-40-16-15-39(58)30-63-64-31-44-41(17-11-33-9-13-38(57)27-42(33)44)47-34(10-14-37(56)26-40)12-18-46(59)48(47)61-2/h9,11-13,17-18,24-25,27,39-40,49,51-54,57-60H,3-8,10,14-16,19-23,26,28-31H2,1-2H3. The van der Waals surface area contributed by atoms with E-state index in [4.69, 9.17) is 9.47 Å². The fourth-order valence-corrected chi connectivity index (χ4v) is 11.4. The lowest BCUT2D eigenvalue weighted by Crippen LogP contribution is -2.34. The van der Waals surface area contributed by atoms with Gasteiger partial charge in [-0.1, -0.05) is 65.1 Å². The molecule has 4 aromatic carbocycles. The average Bonchev–Trinajstić information content (AvgIpc) is 3.28. The number of phenolic OH excluding ortho intramolecular Hbond substituents is 2. The predicted molar refractivity (Wildman–Crippen MR) is 256 cm³/mol. The third-order valence-corrected chi connectivity index (χ3v) is 14.9. The van der Waals surface area contributed by atoms with Gasteiger partial charge in [0.2, 0.25) is 0 Å². The minimum Gasteiger partial charge on any atom is -0.508 e. The molecule has 1 saturated carbocycles. The molecule has 2 aliphatic rings. The Hall–Kier alpha value is -3.86. The van der Waals surface area contributed by atoms with Crippen molar-refractivity contribution in [1.82, 2.24) is 5.32 Å². The number of hydrogen-bond donors (Lipinski definition) is 8. The van der Waals surface area contributed by atoms with E-state index in [9.17, 15) is 40.2 Å². The van der Waals surface area contributed by atoms with E-state index in [2.05, 4.69) is 10.6 Å². The number of hydrogen-bond acceptors (Lipinski definition) is 14. The lowest BCUT2D eigenvalue weighted by molar-refractivity contribution is -0.124. The van der Waals surface area contributed by atoms with Crippen LogP contribution < -0.4 is 15.4 Å². The number of aliphatic hydroxyl groups excluding tert-OH is 3. The van der Waals surface area contributed by atoms with Crippen molar-refractivity contribution in [3.63, 3.8) is 0 Å². The van der Waals surface area contributed by atoms with Crippen LogP contribution in [0.1, 0.15) is 118 Å². The summed E-state index contributed by atoms with van der Waals surface area (Å²) in [6.07, 6.45) is 6.28. The second-order valence-corrected chi connectivity index (χ2v) is 19.9. The van der Waals surface area contributed by atoms with Crippen LogP contribution in [0.3, 0.4) is 0 Å². The molecule has 0 bridgehead atoms. The fraction of sp³-hybridized carbons (Fsp3) is 0.520. The molecule has 0 spiro atoms. The Labute approximate surface area is 384 Å². The quantitative estimate of drug-likeness (QED) is 0.0303.